The number of hydrogen-bond donors (Lipinski definition) is 0. The van der Waals surface area contributed by atoms with Crippen LogP contribution < -0.4 is 0 Å². The van der Waals surface area contributed by atoms with Crippen LogP contribution in [0.3, 0.4) is 0 Å². The highest BCUT2D eigenvalue weighted by Gasteiger charge is 2.55. The van der Waals surface area contributed by atoms with E-state index in [0.717, 1.165) is 25.7 Å². The summed E-state index contributed by atoms with van der Waals surface area (Å²) in [6.45, 7) is 36.0. The maximum absolute atomic E-state index is 6.93. The Morgan fingerprint density at radius 2 is 1.38 bits per heavy atom. The molecule has 0 aliphatic carbocycles. The van der Waals surface area contributed by atoms with Gasteiger partial charge >= 0.3 is 0 Å². The maximum atomic E-state index is 6.93. The van der Waals surface area contributed by atoms with Crippen LogP contribution in [0, 0.1) is 0 Å². The zero-order valence-electron chi connectivity index (χ0n) is 25.0. The summed E-state index contributed by atoms with van der Waals surface area (Å²) in [6, 6.07) is 0. The molecule has 4 nitrogen and oxygen atoms in total. The minimum Gasteiger partial charge on any atom is -0.409 e. The molecule has 0 aromatic rings. The fourth-order valence-electron chi connectivity index (χ4n) is 5.01. The fraction of sp³-hybridized carbons (Fsp3) is 0.929. The van der Waals surface area contributed by atoms with Crippen LogP contribution in [0.4, 0.5) is 0 Å². The molecule has 0 bridgehead atoms. The standard InChI is InChI=1S/C28H56O4Si2/c1-16-21-28(11,32-34(14,15)25(5,6)7)20-18-23(29-21)27(10)19-17-22(30-27)26(8,9)31-33(12,13)24(2,3)4/h16,21-23H,1,17-20H2,2-15H3/t21-,22+,23-,27+,28+/m1/s1. The zero-order chi connectivity index (χ0) is 26.6. The predicted octanol–water partition coefficient (Wildman–Crippen LogP) is 8.24. The normalized spacial score (nSPS) is 34.4. The molecule has 0 aromatic carbocycles. The quantitative estimate of drug-likeness (QED) is 0.254. The van der Waals surface area contributed by atoms with E-state index in [4.69, 9.17) is 18.3 Å². The van der Waals surface area contributed by atoms with E-state index in [2.05, 4.69) is 102 Å². The molecule has 2 fully saturated rings. The van der Waals surface area contributed by atoms with Gasteiger partial charge in [0, 0.05) is 0 Å². The van der Waals surface area contributed by atoms with Gasteiger partial charge in [-0.25, -0.2) is 0 Å². The molecule has 0 unspecified atom stereocenters. The molecule has 200 valence electrons. The Balaban J connectivity index is 2.14. The largest absolute Gasteiger partial charge is 0.409 e. The van der Waals surface area contributed by atoms with E-state index in [0.29, 0.717) is 0 Å². The number of rotatable bonds is 7. The predicted molar refractivity (Wildman–Crippen MR) is 150 cm³/mol. The van der Waals surface area contributed by atoms with Crippen molar-refractivity contribution in [1.82, 2.24) is 0 Å². The Hall–Kier alpha value is 0.0138. The minimum absolute atomic E-state index is 0.0280. The summed E-state index contributed by atoms with van der Waals surface area (Å²) >= 11 is 0. The lowest BCUT2D eigenvalue weighted by Crippen LogP contribution is -2.59. The highest BCUT2D eigenvalue weighted by atomic mass is 28.4. The van der Waals surface area contributed by atoms with Crippen LogP contribution in [0.15, 0.2) is 12.7 Å². The molecular weight excluding hydrogens is 456 g/mol. The SMILES string of the molecule is C=C[C@H]1O[C@@H]([C@]2(C)CC[C@@H](C(C)(C)O[Si](C)(C)C(C)(C)C)O2)CC[C@]1(C)O[Si](C)(C)C(C)(C)C. The van der Waals surface area contributed by atoms with Gasteiger partial charge in [0.2, 0.25) is 0 Å². The third kappa shape index (κ3) is 6.11. The summed E-state index contributed by atoms with van der Waals surface area (Å²) < 4.78 is 27.4. The van der Waals surface area contributed by atoms with Crippen molar-refractivity contribution in [3.63, 3.8) is 0 Å². The van der Waals surface area contributed by atoms with Crippen molar-refractivity contribution in [3.05, 3.63) is 12.7 Å². The van der Waals surface area contributed by atoms with E-state index in [1.807, 2.05) is 6.08 Å². The summed E-state index contributed by atoms with van der Waals surface area (Å²) in [4.78, 5) is 0. The Kier molecular flexibility index (Phi) is 8.36. The molecule has 2 saturated heterocycles. The third-order valence-electron chi connectivity index (χ3n) is 9.42. The van der Waals surface area contributed by atoms with E-state index < -0.39 is 16.6 Å². The van der Waals surface area contributed by atoms with Gasteiger partial charge in [0.1, 0.15) is 6.10 Å². The molecule has 0 spiro atoms. The number of ether oxygens (including phenoxy) is 2. The Morgan fingerprint density at radius 3 is 1.85 bits per heavy atom. The Morgan fingerprint density at radius 1 is 0.853 bits per heavy atom. The Labute approximate surface area is 213 Å². The Bertz CT molecular complexity index is 734. The van der Waals surface area contributed by atoms with Crippen molar-refractivity contribution in [2.24, 2.45) is 0 Å². The van der Waals surface area contributed by atoms with Gasteiger partial charge in [-0.1, -0.05) is 47.6 Å². The average molecular weight is 513 g/mol. The van der Waals surface area contributed by atoms with Gasteiger partial charge in [0.25, 0.3) is 0 Å². The van der Waals surface area contributed by atoms with Crippen molar-refractivity contribution in [1.29, 1.82) is 0 Å². The van der Waals surface area contributed by atoms with E-state index in [1.54, 1.807) is 0 Å². The average Bonchev–Trinajstić information content (AvgIpc) is 3.03. The second-order valence-corrected chi connectivity index (χ2v) is 24.4. The first-order valence-electron chi connectivity index (χ1n) is 13.4. The molecule has 0 amide bonds. The van der Waals surface area contributed by atoms with Gasteiger partial charge in [0.05, 0.1) is 29.0 Å². The first-order valence-corrected chi connectivity index (χ1v) is 19.2. The minimum atomic E-state index is -1.94. The molecule has 2 heterocycles. The van der Waals surface area contributed by atoms with Gasteiger partial charge < -0.3 is 18.3 Å². The molecule has 0 N–H and O–H groups in total. The molecule has 2 aliphatic rings. The third-order valence-corrected chi connectivity index (χ3v) is 18.7. The van der Waals surface area contributed by atoms with Crippen molar-refractivity contribution >= 4 is 16.6 Å². The van der Waals surface area contributed by atoms with Crippen LogP contribution in [-0.2, 0) is 18.3 Å². The lowest BCUT2D eigenvalue weighted by Gasteiger charge is -2.52. The fourth-order valence-corrected chi connectivity index (χ4v) is 8.45. The van der Waals surface area contributed by atoms with Crippen molar-refractivity contribution in [2.45, 2.75) is 166 Å². The monoisotopic (exact) mass is 512 g/mol. The van der Waals surface area contributed by atoms with Gasteiger partial charge in [-0.2, -0.15) is 0 Å². The van der Waals surface area contributed by atoms with Crippen LogP contribution in [0.2, 0.25) is 36.3 Å². The van der Waals surface area contributed by atoms with Gasteiger partial charge in [-0.15, -0.1) is 6.58 Å². The van der Waals surface area contributed by atoms with Gasteiger partial charge in [0.15, 0.2) is 16.6 Å². The van der Waals surface area contributed by atoms with Crippen molar-refractivity contribution in [2.75, 3.05) is 0 Å². The molecule has 2 aliphatic heterocycles. The molecule has 34 heavy (non-hydrogen) atoms. The lowest BCUT2D eigenvalue weighted by molar-refractivity contribution is -0.215. The van der Waals surface area contributed by atoms with Crippen LogP contribution >= 0.6 is 0 Å². The van der Waals surface area contributed by atoms with E-state index in [1.165, 1.54) is 0 Å². The number of hydrogen-bond acceptors (Lipinski definition) is 4. The van der Waals surface area contributed by atoms with Gasteiger partial charge in [-0.05, 0) is 89.6 Å². The lowest BCUT2D eigenvalue weighted by atomic mass is 9.82. The second kappa shape index (κ2) is 9.39. The molecule has 5 atom stereocenters. The first kappa shape index (κ1) is 30.2. The van der Waals surface area contributed by atoms with Crippen LogP contribution in [0.5, 0.6) is 0 Å². The van der Waals surface area contributed by atoms with Crippen molar-refractivity contribution in [3.8, 4) is 0 Å². The molecule has 6 heteroatoms. The van der Waals surface area contributed by atoms with E-state index in [9.17, 15) is 0 Å². The molecule has 0 aromatic heterocycles. The summed E-state index contributed by atoms with van der Waals surface area (Å²) in [6.07, 6.45) is 5.76. The molecule has 2 rings (SSSR count). The molecular formula is C28H56O4Si2. The topological polar surface area (TPSA) is 36.9 Å². The molecule has 0 saturated carbocycles. The summed E-state index contributed by atoms with van der Waals surface area (Å²) in [5.74, 6) is 0. The highest BCUT2D eigenvalue weighted by Crippen LogP contribution is 2.49. The zero-order valence-corrected chi connectivity index (χ0v) is 27.0. The van der Waals surface area contributed by atoms with Crippen molar-refractivity contribution < 1.29 is 18.3 Å². The summed E-state index contributed by atoms with van der Waals surface area (Å²) in [5.41, 5.74) is -0.994. The van der Waals surface area contributed by atoms with E-state index in [-0.39, 0.29) is 45.2 Å². The first-order chi connectivity index (χ1) is 15.0. The molecule has 0 radical (unpaired) electrons. The van der Waals surface area contributed by atoms with Gasteiger partial charge in [-0.3, -0.25) is 0 Å². The maximum Gasteiger partial charge on any atom is 0.192 e. The highest BCUT2D eigenvalue weighted by molar-refractivity contribution is 6.74. The summed E-state index contributed by atoms with van der Waals surface area (Å²) in [7, 11) is -3.85. The smallest absolute Gasteiger partial charge is 0.192 e. The van der Waals surface area contributed by atoms with Crippen LogP contribution in [-0.4, -0.2) is 51.7 Å². The summed E-state index contributed by atoms with van der Waals surface area (Å²) in [5, 5.41) is 0.326. The van der Waals surface area contributed by atoms with E-state index >= 15 is 0 Å². The van der Waals surface area contributed by atoms with Crippen LogP contribution in [0.1, 0.15) is 94.9 Å². The van der Waals surface area contributed by atoms with Crippen LogP contribution in [0.25, 0.3) is 0 Å². The second-order valence-electron chi connectivity index (χ2n) is 14.9.